The van der Waals surface area contributed by atoms with Gasteiger partial charge in [0, 0.05) is 18.3 Å². The number of carbonyl (C=O) groups is 2. The van der Waals surface area contributed by atoms with Crippen molar-refractivity contribution in [3.63, 3.8) is 0 Å². The zero-order valence-electron chi connectivity index (χ0n) is 13.6. The van der Waals surface area contributed by atoms with Gasteiger partial charge in [-0.3, -0.25) is 4.79 Å². The van der Waals surface area contributed by atoms with Gasteiger partial charge in [0.2, 0.25) is 0 Å². The maximum Gasteiger partial charge on any atom is 0.319 e. The molecule has 0 bridgehead atoms. The Labute approximate surface area is 146 Å². The SMILES string of the molecule is CC(C)NC(=O)Nc1ccc(CNC(=O)c2ccccc2Cl)cc1. The third-order valence-corrected chi connectivity index (χ3v) is 3.53. The summed E-state index contributed by atoms with van der Waals surface area (Å²) in [5.41, 5.74) is 2.06. The average molecular weight is 346 g/mol. The lowest BCUT2D eigenvalue weighted by atomic mass is 10.2. The van der Waals surface area contributed by atoms with Gasteiger partial charge in [-0.1, -0.05) is 35.9 Å². The first-order valence-corrected chi connectivity index (χ1v) is 8.02. The number of hydrogen-bond acceptors (Lipinski definition) is 2. The molecule has 126 valence electrons. The summed E-state index contributed by atoms with van der Waals surface area (Å²) in [6.45, 7) is 4.16. The summed E-state index contributed by atoms with van der Waals surface area (Å²) in [5.74, 6) is -0.223. The first-order valence-electron chi connectivity index (χ1n) is 7.65. The van der Waals surface area contributed by atoms with Crippen LogP contribution in [0.15, 0.2) is 48.5 Å². The molecule has 0 aliphatic carbocycles. The fraction of sp³-hybridized carbons (Fsp3) is 0.222. The van der Waals surface area contributed by atoms with E-state index in [1.54, 1.807) is 36.4 Å². The summed E-state index contributed by atoms with van der Waals surface area (Å²) < 4.78 is 0. The smallest absolute Gasteiger partial charge is 0.319 e. The van der Waals surface area contributed by atoms with E-state index in [2.05, 4.69) is 16.0 Å². The van der Waals surface area contributed by atoms with Crippen LogP contribution in [0.1, 0.15) is 29.8 Å². The van der Waals surface area contributed by atoms with Crippen LogP contribution in [0.25, 0.3) is 0 Å². The van der Waals surface area contributed by atoms with Crippen molar-refractivity contribution < 1.29 is 9.59 Å². The highest BCUT2D eigenvalue weighted by atomic mass is 35.5. The molecule has 5 nitrogen and oxygen atoms in total. The molecule has 2 rings (SSSR count). The standard InChI is InChI=1S/C18H20ClN3O2/c1-12(2)21-18(24)22-14-9-7-13(8-10-14)11-20-17(23)15-5-3-4-6-16(15)19/h3-10,12H,11H2,1-2H3,(H,20,23)(H2,21,22,24). The van der Waals surface area contributed by atoms with Crippen LogP contribution in [0.5, 0.6) is 0 Å². The van der Waals surface area contributed by atoms with Crippen LogP contribution in [0, 0.1) is 0 Å². The normalized spacial score (nSPS) is 10.3. The molecule has 0 aromatic heterocycles. The van der Waals surface area contributed by atoms with E-state index < -0.39 is 0 Å². The van der Waals surface area contributed by atoms with Crippen LogP contribution >= 0.6 is 11.6 Å². The molecule has 0 spiro atoms. The van der Waals surface area contributed by atoms with Gasteiger partial charge < -0.3 is 16.0 Å². The molecule has 3 N–H and O–H groups in total. The molecule has 0 aliphatic rings. The molecule has 0 saturated heterocycles. The van der Waals surface area contributed by atoms with Crippen molar-refractivity contribution in [2.45, 2.75) is 26.4 Å². The van der Waals surface area contributed by atoms with Crippen molar-refractivity contribution in [1.29, 1.82) is 0 Å². The highest BCUT2D eigenvalue weighted by Crippen LogP contribution is 2.15. The Morgan fingerprint density at radius 2 is 1.71 bits per heavy atom. The largest absolute Gasteiger partial charge is 0.348 e. The number of halogens is 1. The minimum atomic E-state index is -0.246. The lowest BCUT2D eigenvalue weighted by molar-refractivity contribution is 0.0951. The van der Waals surface area contributed by atoms with Crippen LogP contribution in [0.2, 0.25) is 5.02 Å². The Morgan fingerprint density at radius 3 is 2.33 bits per heavy atom. The molecule has 2 aromatic rings. The lowest BCUT2D eigenvalue weighted by Crippen LogP contribution is -2.34. The predicted molar refractivity (Wildman–Crippen MR) is 96.4 cm³/mol. The zero-order chi connectivity index (χ0) is 17.5. The van der Waals surface area contributed by atoms with Gasteiger partial charge >= 0.3 is 6.03 Å². The van der Waals surface area contributed by atoms with Gasteiger partial charge in [0.1, 0.15) is 0 Å². The molecular weight excluding hydrogens is 326 g/mol. The Hall–Kier alpha value is -2.53. The van der Waals surface area contributed by atoms with E-state index in [4.69, 9.17) is 11.6 Å². The van der Waals surface area contributed by atoms with E-state index in [-0.39, 0.29) is 18.0 Å². The number of hydrogen-bond donors (Lipinski definition) is 3. The van der Waals surface area contributed by atoms with Crippen molar-refractivity contribution in [1.82, 2.24) is 10.6 Å². The topological polar surface area (TPSA) is 70.2 Å². The first-order chi connectivity index (χ1) is 11.5. The van der Waals surface area contributed by atoms with Gasteiger partial charge in [0.05, 0.1) is 10.6 Å². The van der Waals surface area contributed by atoms with Crippen molar-refractivity contribution in [3.05, 3.63) is 64.7 Å². The highest BCUT2D eigenvalue weighted by Gasteiger charge is 2.09. The second kappa shape index (κ2) is 8.36. The number of carbonyl (C=O) groups excluding carboxylic acids is 2. The number of anilines is 1. The van der Waals surface area contributed by atoms with E-state index in [0.717, 1.165) is 5.56 Å². The molecule has 2 aromatic carbocycles. The maximum absolute atomic E-state index is 12.1. The van der Waals surface area contributed by atoms with Crippen LogP contribution in [0.3, 0.4) is 0 Å². The van der Waals surface area contributed by atoms with Gasteiger partial charge in [-0.15, -0.1) is 0 Å². The van der Waals surface area contributed by atoms with Crippen molar-refractivity contribution in [2.24, 2.45) is 0 Å². The van der Waals surface area contributed by atoms with Gasteiger partial charge in [0.15, 0.2) is 0 Å². The summed E-state index contributed by atoms with van der Waals surface area (Å²) in [6, 6.07) is 14.0. The summed E-state index contributed by atoms with van der Waals surface area (Å²) in [7, 11) is 0. The molecule has 0 unspecified atom stereocenters. The van der Waals surface area contributed by atoms with Crippen LogP contribution < -0.4 is 16.0 Å². The van der Waals surface area contributed by atoms with E-state index in [1.165, 1.54) is 0 Å². The Kier molecular flexibility index (Phi) is 6.21. The van der Waals surface area contributed by atoms with E-state index in [0.29, 0.717) is 22.8 Å². The Morgan fingerprint density at radius 1 is 1.04 bits per heavy atom. The molecule has 0 heterocycles. The van der Waals surface area contributed by atoms with Gasteiger partial charge in [-0.05, 0) is 43.7 Å². The van der Waals surface area contributed by atoms with Crippen LogP contribution in [-0.2, 0) is 6.54 Å². The molecule has 3 amide bonds. The molecule has 24 heavy (non-hydrogen) atoms. The van der Waals surface area contributed by atoms with E-state index in [9.17, 15) is 9.59 Å². The third-order valence-electron chi connectivity index (χ3n) is 3.20. The molecular formula is C18H20ClN3O2. The minimum absolute atomic E-state index is 0.0734. The monoisotopic (exact) mass is 345 g/mol. The van der Waals surface area contributed by atoms with Gasteiger partial charge in [0.25, 0.3) is 5.91 Å². The number of urea groups is 1. The van der Waals surface area contributed by atoms with Crippen LogP contribution in [-0.4, -0.2) is 18.0 Å². The number of benzene rings is 2. The summed E-state index contributed by atoms with van der Waals surface area (Å²) in [6.07, 6.45) is 0. The minimum Gasteiger partial charge on any atom is -0.348 e. The quantitative estimate of drug-likeness (QED) is 0.771. The van der Waals surface area contributed by atoms with Crippen molar-refractivity contribution in [2.75, 3.05) is 5.32 Å². The number of rotatable bonds is 5. The van der Waals surface area contributed by atoms with Crippen molar-refractivity contribution in [3.8, 4) is 0 Å². The van der Waals surface area contributed by atoms with Gasteiger partial charge in [-0.25, -0.2) is 4.79 Å². The predicted octanol–water partition coefficient (Wildman–Crippen LogP) is 3.80. The first kappa shape index (κ1) is 17.8. The highest BCUT2D eigenvalue weighted by molar-refractivity contribution is 6.33. The Bertz CT molecular complexity index is 714. The molecule has 6 heteroatoms. The fourth-order valence-electron chi connectivity index (χ4n) is 2.06. The molecule has 0 fully saturated rings. The van der Waals surface area contributed by atoms with E-state index >= 15 is 0 Å². The fourth-order valence-corrected chi connectivity index (χ4v) is 2.28. The molecule has 0 aliphatic heterocycles. The van der Waals surface area contributed by atoms with Crippen molar-refractivity contribution >= 4 is 29.2 Å². The second-order valence-electron chi connectivity index (χ2n) is 5.61. The molecule has 0 atom stereocenters. The van der Waals surface area contributed by atoms with Gasteiger partial charge in [-0.2, -0.15) is 0 Å². The van der Waals surface area contributed by atoms with Crippen LogP contribution in [0.4, 0.5) is 10.5 Å². The maximum atomic E-state index is 12.1. The molecule has 0 saturated carbocycles. The summed E-state index contributed by atoms with van der Waals surface area (Å²) in [4.78, 5) is 23.7. The molecule has 0 radical (unpaired) electrons. The van der Waals surface area contributed by atoms with E-state index in [1.807, 2.05) is 26.0 Å². The zero-order valence-corrected chi connectivity index (χ0v) is 14.4. The number of amides is 3. The average Bonchev–Trinajstić information content (AvgIpc) is 2.53. The summed E-state index contributed by atoms with van der Waals surface area (Å²) in [5, 5.41) is 8.73. The summed E-state index contributed by atoms with van der Waals surface area (Å²) >= 11 is 6.00. The second-order valence-corrected chi connectivity index (χ2v) is 6.02. The Balaban J connectivity index is 1.89. The lowest BCUT2D eigenvalue weighted by Gasteiger charge is -2.11. The number of nitrogens with one attached hydrogen (secondary N) is 3. The third kappa shape index (κ3) is 5.28.